The molecule has 1 N–H and O–H groups in total. The van der Waals surface area contributed by atoms with Gasteiger partial charge < -0.3 is 5.32 Å². The lowest BCUT2D eigenvalue weighted by Gasteiger charge is -2.12. The minimum atomic E-state index is 0.799. The molecule has 0 atom stereocenters. The van der Waals surface area contributed by atoms with E-state index in [9.17, 15) is 0 Å². The van der Waals surface area contributed by atoms with E-state index in [4.69, 9.17) is 0 Å². The Balaban J connectivity index is 2.08. The summed E-state index contributed by atoms with van der Waals surface area (Å²) in [4.78, 5) is 4.33. The van der Waals surface area contributed by atoms with Crippen LogP contribution < -0.4 is 5.32 Å². The molecule has 0 spiro atoms. The van der Waals surface area contributed by atoms with Crippen molar-refractivity contribution in [2.24, 2.45) is 0 Å². The van der Waals surface area contributed by atoms with Gasteiger partial charge in [0.1, 0.15) is 0 Å². The Hall–Kier alpha value is -2.09. The summed E-state index contributed by atoms with van der Waals surface area (Å²) >= 11 is 0. The second-order valence-corrected chi connectivity index (χ2v) is 5.05. The van der Waals surface area contributed by atoms with Gasteiger partial charge >= 0.3 is 0 Å². The SMILES string of the molecule is CC/C=C(/NCc1ccc(C)nc1)c1ccc(C)cc1. The van der Waals surface area contributed by atoms with Crippen LogP contribution in [-0.4, -0.2) is 4.98 Å². The number of nitrogens with zero attached hydrogens (tertiary/aromatic N) is 1. The maximum atomic E-state index is 4.33. The second-order valence-electron chi connectivity index (χ2n) is 5.05. The molecule has 1 aromatic carbocycles. The predicted octanol–water partition coefficient (Wildman–Crippen LogP) is 4.24. The topological polar surface area (TPSA) is 24.9 Å². The third kappa shape index (κ3) is 3.95. The molecule has 0 fully saturated rings. The van der Waals surface area contributed by atoms with Gasteiger partial charge in [0.15, 0.2) is 0 Å². The van der Waals surface area contributed by atoms with Crippen LogP contribution in [0.4, 0.5) is 0 Å². The van der Waals surface area contributed by atoms with E-state index in [0.29, 0.717) is 0 Å². The van der Waals surface area contributed by atoms with Crippen LogP contribution in [0.15, 0.2) is 48.7 Å². The second kappa shape index (κ2) is 6.90. The number of allylic oxidation sites excluding steroid dienone is 1. The van der Waals surface area contributed by atoms with E-state index >= 15 is 0 Å². The van der Waals surface area contributed by atoms with Crippen molar-refractivity contribution in [2.75, 3.05) is 0 Å². The van der Waals surface area contributed by atoms with Crippen LogP contribution in [0.5, 0.6) is 0 Å². The number of aryl methyl sites for hydroxylation is 2. The summed E-state index contributed by atoms with van der Waals surface area (Å²) in [6.07, 6.45) is 5.18. The Morgan fingerprint density at radius 3 is 2.45 bits per heavy atom. The van der Waals surface area contributed by atoms with E-state index in [-0.39, 0.29) is 0 Å². The van der Waals surface area contributed by atoms with Crippen LogP contribution in [0.3, 0.4) is 0 Å². The molecule has 0 bridgehead atoms. The van der Waals surface area contributed by atoms with Gasteiger partial charge in [-0.1, -0.05) is 48.9 Å². The lowest BCUT2D eigenvalue weighted by Crippen LogP contribution is -2.12. The van der Waals surface area contributed by atoms with Crippen LogP contribution in [0, 0.1) is 13.8 Å². The first-order chi connectivity index (χ1) is 9.69. The van der Waals surface area contributed by atoms with Gasteiger partial charge in [0.2, 0.25) is 0 Å². The fraction of sp³-hybridized carbons (Fsp3) is 0.278. The first-order valence-electron chi connectivity index (χ1n) is 7.11. The number of nitrogens with one attached hydrogen (secondary N) is 1. The van der Waals surface area contributed by atoms with E-state index in [0.717, 1.165) is 18.7 Å². The fourth-order valence-electron chi connectivity index (χ4n) is 2.03. The summed E-state index contributed by atoms with van der Waals surface area (Å²) in [7, 11) is 0. The molecular weight excluding hydrogens is 244 g/mol. The number of aromatic nitrogens is 1. The lowest BCUT2D eigenvalue weighted by molar-refractivity contribution is 0.875. The van der Waals surface area contributed by atoms with Crippen LogP contribution in [-0.2, 0) is 6.54 Å². The van der Waals surface area contributed by atoms with E-state index in [1.165, 1.54) is 22.4 Å². The Bertz CT molecular complexity index is 565. The number of hydrogen-bond donors (Lipinski definition) is 1. The zero-order valence-corrected chi connectivity index (χ0v) is 12.5. The molecule has 0 saturated carbocycles. The lowest BCUT2D eigenvalue weighted by atomic mass is 10.1. The normalized spacial score (nSPS) is 11.4. The van der Waals surface area contributed by atoms with Crippen LogP contribution in [0.2, 0.25) is 0 Å². The van der Waals surface area contributed by atoms with E-state index in [2.05, 4.69) is 60.6 Å². The molecule has 1 heterocycles. The van der Waals surface area contributed by atoms with Crippen molar-refractivity contribution in [3.8, 4) is 0 Å². The average molecular weight is 266 g/mol. The fourth-order valence-corrected chi connectivity index (χ4v) is 2.03. The summed E-state index contributed by atoms with van der Waals surface area (Å²) in [6, 6.07) is 12.8. The highest BCUT2D eigenvalue weighted by molar-refractivity contribution is 5.64. The number of pyridine rings is 1. The highest BCUT2D eigenvalue weighted by Gasteiger charge is 2.01. The Morgan fingerprint density at radius 1 is 1.10 bits per heavy atom. The quantitative estimate of drug-likeness (QED) is 0.875. The van der Waals surface area contributed by atoms with Crippen molar-refractivity contribution in [1.82, 2.24) is 10.3 Å². The first-order valence-corrected chi connectivity index (χ1v) is 7.11. The van der Waals surface area contributed by atoms with Crippen molar-refractivity contribution in [1.29, 1.82) is 0 Å². The first kappa shape index (κ1) is 14.3. The van der Waals surface area contributed by atoms with E-state index in [1.54, 1.807) is 0 Å². The van der Waals surface area contributed by atoms with Gasteiger partial charge in [-0.3, -0.25) is 4.98 Å². The van der Waals surface area contributed by atoms with Gasteiger partial charge in [-0.2, -0.15) is 0 Å². The van der Waals surface area contributed by atoms with Crippen LogP contribution >= 0.6 is 0 Å². The molecule has 0 saturated heterocycles. The van der Waals surface area contributed by atoms with Crippen LogP contribution in [0.25, 0.3) is 5.70 Å². The van der Waals surface area contributed by atoms with E-state index < -0.39 is 0 Å². The van der Waals surface area contributed by atoms with Gasteiger partial charge in [0.25, 0.3) is 0 Å². The summed E-state index contributed by atoms with van der Waals surface area (Å²) in [5.41, 5.74) is 5.96. The number of rotatable bonds is 5. The monoisotopic (exact) mass is 266 g/mol. The molecular formula is C18H22N2. The Labute approximate surface area is 121 Å². The Kier molecular flexibility index (Phi) is 4.94. The van der Waals surface area contributed by atoms with Gasteiger partial charge in [0, 0.05) is 24.1 Å². The number of hydrogen-bond acceptors (Lipinski definition) is 2. The molecule has 104 valence electrons. The van der Waals surface area contributed by atoms with Gasteiger partial charge in [-0.05, 0) is 37.5 Å². The summed E-state index contributed by atoms with van der Waals surface area (Å²) in [6.45, 7) is 7.07. The van der Waals surface area contributed by atoms with Crippen LogP contribution in [0.1, 0.15) is 35.7 Å². The average Bonchev–Trinajstić information content (AvgIpc) is 2.46. The molecule has 0 aliphatic heterocycles. The maximum Gasteiger partial charge on any atom is 0.0416 e. The van der Waals surface area contributed by atoms with Crippen molar-refractivity contribution < 1.29 is 0 Å². The largest absolute Gasteiger partial charge is 0.381 e. The molecule has 2 aromatic rings. The molecule has 0 aliphatic carbocycles. The third-order valence-electron chi connectivity index (χ3n) is 3.23. The van der Waals surface area contributed by atoms with Gasteiger partial charge in [0.05, 0.1) is 0 Å². The standard InChI is InChI=1S/C18H22N2/c1-4-5-18(17-10-6-14(2)7-11-17)20-13-16-9-8-15(3)19-12-16/h5-12,20H,4,13H2,1-3H3/b18-5+. The van der Waals surface area contributed by atoms with Crippen molar-refractivity contribution in [3.05, 3.63) is 71.1 Å². The molecule has 0 unspecified atom stereocenters. The minimum Gasteiger partial charge on any atom is -0.381 e. The molecule has 2 heteroatoms. The zero-order chi connectivity index (χ0) is 14.4. The summed E-state index contributed by atoms with van der Waals surface area (Å²) < 4.78 is 0. The molecule has 2 nitrogen and oxygen atoms in total. The smallest absolute Gasteiger partial charge is 0.0416 e. The zero-order valence-electron chi connectivity index (χ0n) is 12.5. The predicted molar refractivity (Wildman–Crippen MR) is 85.3 cm³/mol. The van der Waals surface area contributed by atoms with Crippen molar-refractivity contribution in [2.45, 2.75) is 33.7 Å². The Morgan fingerprint density at radius 2 is 1.85 bits per heavy atom. The molecule has 0 aliphatic rings. The van der Waals surface area contributed by atoms with Gasteiger partial charge in [-0.25, -0.2) is 0 Å². The molecule has 1 aromatic heterocycles. The number of benzene rings is 1. The van der Waals surface area contributed by atoms with Crippen molar-refractivity contribution >= 4 is 5.70 Å². The van der Waals surface area contributed by atoms with Gasteiger partial charge in [-0.15, -0.1) is 0 Å². The molecule has 2 rings (SSSR count). The maximum absolute atomic E-state index is 4.33. The third-order valence-corrected chi connectivity index (χ3v) is 3.23. The molecule has 0 radical (unpaired) electrons. The highest BCUT2D eigenvalue weighted by Crippen LogP contribution is 2.14. The highest BCUT2D eigenvalue weighted by atomic mass is 14.9. The van der Waals surface area contributed by atoms with Crippen molar-refractivity contribution in [3.63, 3.8) is 0 Å². The molecule has 0 amide bonds. The minimum absolute atomic E-state index is 0.799. The summed E-state index contributed by atoms with van der Waals surface area (Å²) in [5.74, 6) is 0. The molecule has 20 heavy (non-hydrogen) atoms. The van der Waals surface area contributed by atoms with E-state index in [1.807, 2.05) is 19.2 Å². The summed E-state index contributed by atoms with van der Waals surface area (Å²) in [5, 5.41) is 3.51.